The van der Waals surface area contributed by atoms with Gasteiger partial charge in [-0.1, -0.05) is 48.5 Å². The Labute approximate surface area is 151 Å². The van der Waals surface area contributed by atoms with Gasteiger partial charge in [0.25, 0.3) is 5.91 Å². The van der Waals surface area contributed by atoms with Crippen molar-refractivity contribution in [3.8, 4) is 0 Å². The van der Waals surface area contributed by atoms with Crippen molar-refractivity contribution in [3.63, 3.8) is 0 Å². The van der Waals surface area contributed by atoms with Crippen molar-refractivity contribution < 1.29 is 24.2 Å². The molecule has 0 aromatic heterocycles. The number of alkyl carbamates (subject to hydrolysis) is 1. The maximum absolute atomic E-state index is 12.0. The number of hydrogen-bond donors (Lipinski definition) is 3. The number of rotatable bonds is 8. The molecule has 0 spiro atoms. The number of amides is 2. The summed E-state index contributed by atoms with van der Waals surface area (Å²) < 4.78 is 5.04. The summed E-state index contributed by atoms with van der Waals surface area (Å²) in [5.41, 5.74) is 1.22. The number of aliphatic carboxylic acids is 1. The molecule has 0 unspecified atom stereocenters. The molecule has 0 aliphatic carbocycles. The Balaban J connectivity index is 1.75. The minimum absolute atomic E-state index is 0.0361. The average molecular weight is 356 g/mol. The maximum atomic E-state index is 12.0. The molecular weight excluding hydrogens is 336 g/mol. The van der Waals surface area contributed by atoms with Crippen molar-refractivity contribution in [2.75, 3.05) is 6.54 Å². The summed E-state index contributed by atoms with van der Waals surface area (Å²) in [5, 5.41) is 14.1. The third-order valence-electron chi connectivity index (χ3n) is 3.55. The first-order valence-corrected chi connectivity index (χ1v) is 8.09. The summed E-state index contributed by atoms with van der Waals surface area (Å²) in [6.45, 7) is 0.180. The Morgan fingerprint density at radius 1 is 0.962 bits per heavy atom. The summed E-state index contributed by atoms with van der Waals surface area (Å²) in [5.74, 6) is -1.65. The summed E-state index contributed by atoms with van der Waals surface area (Å²) in [4.78, 5) is 35.0. The minimum atomic E-state index is -1.17. The van der Waals surface area contributed by atoms with Crippen LogP contribution in [-0.4, -0.2) is 35.7 Å². The van der Waals surface area contributed by atoms with Crippen molar-refractivity contribution in [1.82, 2.24) is 10.6 Å². The second-order valence-electron chi connectivity index (χ2n) is 5.51. The highest BCUT2D eigenvalue weighted by molar-refractivity contribution is 5.96. The summed E-state index contributed by atoms with van der Waals surface area (Å²) in [7, 11) is 0. The molecular formula is C19H20N2O5. The van der Waals surface area contributed by atoms with Crippen LogP contribution in [0.5, 0.6) is 0 Å². The van der Waals surface area contributed by atoms with E-state index in [2.05, 4.69) is 10.6 Å². The molecule has 3 N–H and O–H groups in total. The van der Waals surface area contributed by atoms with Crippen LogP contribution in [0.3, 0.4) is 0 Å². The Bertz CT molecular complexity index is 734. The van der Waals surface area contributed by atoms with Gasteiger partial charge in [0.05, 0.1) is 0 Å². The molecule has 2 aromatic rings. The fourth-order valence-electron chi connectivity index (χ4n) is 2.18. The van der Waals surface area contributed by atoms with Crippen molar-refractivity contribution in [1.29, 1.82) is 0 Å². The van der Waals surface area contributed by atoms with Gasteiger partial charge in [-0.2, -0.15) is 0 Å². The predicted molar refractivity (Wildman–Crippen MR) is 94.6 cm³/mol. The molecule has 0 saturated heterocycles. The van der Waals surface area contributed by atoms with E-state index < -0.39 is 24.0 Å². The predicted octanol–water partition coefficient (Wildman–Crippen LogP) is 2.19. The Morgan fingerprint density at radius 3 is 2.19 bits per heavy atom. The smallest absolute Gasteiger partial charge is 0.407 e. The van der Waals surface area contributed by atoms with Crippen LogP contribution in [0.1, 0.15) is 22.3 Å². The number of nitrogens with one attached hydrogen (secondary N) is 2. The number of carboxylic acid groups (broad SMARTS) is 1. The summed E-state index contributed by atoms with van der Waals surface area (Å²) >= 11 is 0. The zero-order chi connectivity index (χ0) is 18.8. The third-order valence-corrected chi connectivity index (χ3v) is 3.55. The maximum Gasteiger partial charge on any atom is 0.407 e. The molecule has 0 fully saturated rings. The normalized spacial score (nSPS) is 11.2. The second-order valence-corrected chi connectivity index (χ2v) is 5.51. The van der Waals surface area contributed by atoms with E-state index in [9.17, 15) is 19.5 Å². The minimum Gasteiger partial charge on any atom is -0.480 e. The highest BCUT2D eigenvalue weighted by Gasteiger charge is 2.20. The molecule has 136 valence electrons. The number of hydrogen-bond acceptors (Lipinski definition) is 4. The fraction of sp³-hybridized carbons (Fsp3) is 0.211. The van der Waals surface area contributed by atoms with Gasteiger partial charge in [-0.15, -0.1) is 0 Å². The average Bonchev–Trinajstić information content (AvgIpc) is 2.67. The first-order valence-electron chi connectivity index (χ1n) is 8.09. The highest BCUT2D eigenvalue weighted by atomic mass is 16.5. The number of carbonyl (C=O) groups is 3. The van der Waals surface area contributed by atoms with E-state index in [4.69, 9.17) is 4.74 Å². The summed E-state index contributed by atoms with van der Waals surface area (Å²) in [6, 6.07) is 16.4. The summed E-state index contributed by atoms with van der Waals surface area (Å²) in [6.07, 6.45) is -0.610. The van der Waals surface area contributed by atoms with Crippen LogP contribution in [0.4, 0.5) is 4.79 Å². The van der Waals surface area contributed by atoms with Crippen LogP contribution in [0.15, 0.2) is 60.7 Å². The van der Waals surface area contributed by atoms with Gasteiger partial charge >= 0.3 is 12.1 Å². The lowest BCUT2D eigenvalue weighted by Crippen LogP contribution is -2.43. The lowest BCUT2D eigenvalue weighted by atomic mass is 10.1. The van der Waals surface area contributed by atoms with Gasteiger partial charge in [-0.25, -0.2) is 9.59 Å². The quantitative estimate of drug-likeness (QED) is 0.672. The Kier molecular flexibility index (Phi) is 7.17. The number of carbonyl (C=O) groups excluding carboxylic acids is 2. The highest BCUT2D eigenvalue weighted by Crippen LogP contribution is 2.02. The molecule has 26 heavy (non-hydrogen) atoms. The number of benzene rings is 2. The van der Waals surface area contributed by atoms with Gasteiger partial charge in [-0.3, -0.25) is 4.79 Å². The Morgan fingerprint density at radius 2 is 1.58 bits per heavy atom. The molecule has 1 atom stereocenters. The molecule has 2 rings (SSSR count). The van der Waals surface area contributed by atoms with Crippen LogP contribution >= 0.6 is 0 Å². The first kappa shape index (κ1) is 19.0. The van der Waals surface area contributed by atoms with Crippen molar-refractivity contribution in [2.24, 2.45) is 0 Å². The van der Waals surface area contributed by atoms with Crippen LogP contribution in [0.25, 0.3) is 0 Å². The van der Waals surface area contributed by atoms with Gasteiger partial charge in [-0.05, 0) is 24.1 Å². The van der Waals surface area contributed by atoms with Crippen molar-refractivity contribution in [2.45, 2.75) is 19.1 Å². The zero-order valence-electron chi connectivity index (χ0n) is 14.1. The molecule has 0 aliphatic heterocycles. The van der Waals surface area contributed by atoms with Crippen LogP contribution in [0.2, 0.25) is 0 Å². The number of carboxylic acids is 1. The molecule has 0 heterocycles. The van der Waals surface area contributed by atoms with Gasteiger partial charge in [0, 0.05) is 12.1 Å². The second kappa shape index (κ2) is 9.83. The topological polar surface area (TPSA) is 105 Å². The van der Waals surface area contributed by atoms with E-state index in [1.54, 1.807) is 30.3 Å². The zero-order valence-corrected chi connectivity index (χ0v) is 14.1. The lowest BCUT2D eigenvalue weighted by molar-refractivity contribution is -0.139. The largest absolute Gasteiger partial charge is 0.480 e. The van der Waals surface area contributed by atoms with E-state index in [1.165, 1.54) is 0 Å². The number of ether oxygens (including phenoxy) is 1. The molecule has 0 aliphatic rings. The third kappa shape index (κ3) is 6.27. The van der Waals surface area contributed by atoms with Crippen LogP contribution < -0.4 is 10.6 Å². The SMILES string of the molecule is O=C(NCC[C@@H](NC(=O)c1ccccc1)C(=O)O)OCc1ccccc1. The van der Waals surface area contributed by atoms with E-state index in [0.29, 0.717) is 5.56 Å². The van der Waals surface area contributed by atoms with E-state index in [0.717, 1.165) is 5.56 Å². The molecule has 0 bridgehead atoms. The molecule has 7 nitrogen and oxygen atoms in total. The van der Waals surface area contributed by atoms with Crippen molar-refractivity contribution >= 4 is 18.0 Å². The first-order chi connectivity index (χ1) is 12.6. The fourth-order valence-corrected chi connectivity index (χ4v) is 2.18. The van der Waals surface area contributed by atoms with E-state index >= 15 is 0 Å². The molecule has 7 heteroatoms. The van der Waals surface area contributed by atoms with E-state index in [1.807, 2.05) is 30.3 Å². The van der Waals surface area contributed by atoms with Gasteiger partial charge in [0.1, 0.15) is 12.6 Å². The van der Waals surface area contributed by atoms with Crippen LogP contribution in [0, 0.1) is 0 Å². The Hall–Kier alpha value is -3.35. The van der Waals surface area contributed by atoms with Crippen molar-refractivity contribution in [3.05, 3.63) is 71.8 Å². The lowest BCUT2D eigenvalue weighted by Gasteiger charge is -2.15. The monoisotopic (exact) mass is 356 g/mol. The molecule has 0 radical (unpaired) electrons. The van der Waals surface area contributed by atoms with Gasteiger partial charge in [0.2, 0.25) is 0 Å². The van der Waals surface area contributed by atoms with Gasteiger partial charge < -0.3 is 20.5 Å². The molecule has 0 saturated carbocycles. The molecule has 2 aromatic carbocycles. The van der Waals surface area contributed by atoms with Gasteiger partial charge in [0.15, 0.2) is 0 Å². The molecule has 2 amide bonds. The van der Waals surface area contributed by atoms with Crippen LogP contribution in [-0.2, 0) is 16.1 Å². The standard InChI is InChI=1S/C19H20N2O5/c22-17(15-9-5-2-6-10-15)21-16(18(23)24)11-12-20-19(25)26-13-14-7-3-1-4-8-14/h1-10,16H,11-13H2,(H,20,25)(H,21,22)(H,23,24)/t16-/m1/s1. The van der Waals surface area contributed by atoms with E-state index in [-0.39, 0.29) is 19.6 Å².